The Morgan fingerprint density at radius 1 is 1.33 bits per heavy atom. The van der Waals surface area contributed by atoms with E-state index in [1.807, 2.05) is 0 Å². The molecule has 0 amide bonds. The quantitative estimate of drug-likeness (QED) is 0.754. The molecule has 0 spiro atoms. The molecule has 15 heavy (non-hydrogen) atoms. The molecule has 0 radical (unpaired) electrons. The van der Waals surface area contributed by atoms with Crippen LogP contribution >= 0.6 is 0 Å². The maximum absolute atomic E-state index is 10.4. The van der Waals surface area contributed by atoms with Gasteiger partial charge in [-0.15, -0.1) is 0 Å². The molecule has 2 atom stereocenters. The summed E-state index contributed by atoms with van der Waals surface area (Å²) in [5.41, 5.74) is 5.71. The standard InChI is InChI=1S/C13H27NO/c1-4-13(3,9-14)12(15)11-7-5-10(2)6-8-11/h10-12,15H,4-9,14H2,1-3H3. The third-order valence-corrected chi connectivity index (χ3v) is 4.50. The van der Waals surface area contributed by atoms with Crippen LogP contribution in [0, 0.1) is 17.3 Å². The first-order valence-electron chi connectivity index (χ1n) is 6.41. The molecule has 0 aliphatic heterocycles. The molecule has 0 heterocycles. The van der Waals surface area contributed by atoms with E-state index >= 15 is 0 Å². The smallest absolute Gasteiger partial charge is 0.0633 e. The minimum atomic E-state index is -0.208. The van der Waals surface area contributed by atoms with E-state index in [9.17, 15) is 5.11 Å². The van der Waals surface area contributed by atoms with Gasteiger partial charge in [0.15, 0.2) is 0 Å². The van der Waals surface area contributed by atoms with Crippen molar-refractivity contribution >= 4 is 0 Å². The lowest BCUT2D eigenvalue weighted by Crippen LogP contribution is -2.44. The Bertz CT molecular complexity index is 181. The van der Waals surface area contributed by atoms with Crippen LogP contribution < -0.4 is 5.73 Å². The summed E-state index contributed by atoms with van der Waals surface area (Å²) in [7, 11) is 0. The molecule has 1 saturated carbocycles. The second-order valence-corrected chi connectivity index (χ2v) is 5.68. The first kappa shape index (κ1) is 13.0. The molecule has 0 bridgehead atoms. The van der Waals surface area contributed by atoms with Gasteiger partial charge in [0.05, 0.1) is 6.10 Å². The van der Waals surface area contributed by atoms with Crippen molar-refractivity contribution in [1.29, 1.82) is 0 Å². The van der Waals surface area contributed by atoms with Crippen LogP contribution in [0.1, 0.15) is 52.9 Å². The zero-order valence-electron chi connectivity index (χ0n) is 10.5. The molecule has 0 aromatic heterocycles. The van der Waals surface area contributed by atoms with Gasteiger partial charge >= 0.3 is 0 Å². The Morgan fingerprint density at radius 2 is 1.87 bits per heavy atom. The van der Waals surface area contributed by atoms with Gasteiger partial charge in [-0.25, -0.2) is 0 Å². The molecule has 1 fully saturated rings. The highest BCUT2D eigenvalue weighted by Crippen LogP contribution is 2.38. The number of aliphatic hydroxyl groups excluding tert-OH is 1. The van der Waals surface area contributed by atoms with E-state index in [-0.39, 0.29) is 11.5 Å². The van der Waals surface area contributed by atoms with Crippen LogP contribution in [0.2, 0.25) is 0 Å². The predicted octanol–water partition coefficient (Wildman–Crippen LogP) is 2.55. The van der Waals surface area contributed by atoms with Gasteiger partial charge in [0, 0.05) is 12.0 Å². The van der Waals surface area contributed by atoms with Crippen molar-refractivity contribution in [1.82, 2.24) is 0 Å². The molecule has 2 nitrogen and oxygen atoms in total. The monoisotopic (exact) mass is 213 g/mol. The van der Waals surface area contributed by atoms with Gasteiger partial charge in [-0.05, 0) is 31.1 Å². The summed E-state index contributed by atoms with van der Waals surface area (Å²) >= 11 is 0. The van der Waals surface area contributed by atoms with E-state index in [0.29, 0.717) is 12.5 Å². The topological polar surface area (TPSA) is 46.2 Å². The van der Waals surface area contributed by atoms with Crippen molar-refractivity contribution in [2.24, 2.45) is 23.0 Å². The Hall–Kier alpha value is -0.0800. The third-order valence-electron chi connectivity index (χ3n) is 4.50. The summed E-state index contributed by atoms with van der Waals surface area (Å²) in [5.74, 6) is 1.33. The molecule has 1 aliphatic carbocycles. The normalized spacial score (nSPS) is 33.4. The van der Waals surface area contributed by atoms with E-state index in [4.69, 9.17) is 5.73 Å². The van der Waals surface area contributed by atoms with Crippen LogP contribution in [-0.4, -0.2) is 17.8 Å². The Balaban J connectivity index is 2.55. The van der Waals surface area contributed by atoms with E-state index in [0.717, 1.165) is 12.3 Å². The van der Waals surface area contributed by atoms with Gasteiger partial charge < -0.3 is 10.8 Å². The Kier molecular flexibility index (Phi) is 4.60. The number of hydrogen-bond donors (Lipinski definition) is 2. The molecule has 1 rings (SSSR count). The van der Waals surface area contributed by atoms with E-state index in [2.05, 4.69) is 20.8 Å². The van der Waals surface area contributed by atoms with Crippen molar-refractivity contribution in [2.45, 2.75) is 59.0 Å². The minimum Gasteiger partial charge on any atom is -0.392 e. The van der Waals surface area contributed by atoms with Crippen LogP contribution in [0.4, 0.5) is 0 Å². The Morgan fingerprint density at radius 3 is 2.27 bits per heavy atom. The summed E-state index contributed by atoms with van der Waals surface area (Å²) in [6, 6.07) is 0. The SMILES string of the molecule is CCC(C)(CN)C(O)C1CCC(C)CC1. The Labute approximate surface area is 94.2 Å². The molecule has 90 valence electrons. The highest BCUT2D eigenvalue weighted by molar-refractivity contribution is 4.88. The first-order chi connectivity index (χ1) is 7.03. The average Bonchev–Trinajstić information content (AvgIpc) is 2.28. The lowest BCUT2D eigenvalue weighted by Gasteiger charge is -2.40. The molecule has 2 unspecified atom stereocenters. The molecule has 1 aliphatic rings. The summed E-state index contributed by atoms with van der Waals surface area (Å²) in [6.07, 6.45) is 5.66. The fourth-order valence-corrected chi connectivity index (χ4v) is 2.64. The number of nitrogens with two attached hydrogens (primary N) is 1. The van der Waals surface area contributed by atoms with Crippen molar-refractivity contribution < 1.29 is 5.11 Å². The second-order valence-electron chi connectivity index (χ2n) is 5.68. The number of rotatable bonds is 4. The van der Waals surface area contributed by atoms with Gasteiger partial charge in [-0.3, -0.25) is 0 Å². The van der Waals surface area contributed by atoms with E-state index in [1.54, 1.807) is 0 Å². The molecular formula is C13H27NO. The van der Waals surface area contributed by atoms with E-state index in [1.165, 1.54) is 25.7 Å². The molecule has 0 saturated heterocycles. The van der Waals surface area contributed by atoms with Gasteiger partial charge in [-0.2, -0.15) is 0 Å². The third kappa shape index (κ3) is 2.94. The van der Waals surface area contributed by atoms with Crippen LogP contribution in [-0.2, 0) is 0 Å². The zero-order valence-corrected chi connectivity index (χ0v) is 10.5. The maximum atomic E-state index is 10.4. The summed E-state index contributed by atoms with van der Waals surface area (Å²) in [5, 5.41) is 10.4. The maximum Gasteiger partial charge on any atom is 0.0633 e. The van der Waals surface area contributed by atoms with Crippen LogP contribution in [0.25, 0.3) is 0 Å². The van der Waals surface area contributed by atoms with Crippen molar-refractivity contribution in [3.63, 3.8) is 0 Å². The summed E-state index contributed by atoms with van der Waals surface area (Å²) in [6.45, 7) is 7.15. The first-order valence-corrected chi connectivity index (χ1v) is 6.41. The van der Waals surface area contributed by atoms with Gasteiger partial charge in [0.2, 0.25) is 0 Å². The van der Waals surface area contributed by atoms with Crippen molar-refractivity contribution in [3.05, 3.63) is 0 Å². The number of hydrogen-bond acceptors (Lipinski definition) is 2. The highest BCUT2D eigenvalue weighted by atomic mass is 16.3. The summed E-state index contributed by atoms with van der Waals surface area (Å²) in [4.78, 5) is 0. The van der Waals surface area contributed by atoms with Crippen LogP contribution in [0.3, 0.4) is 0 Å². The average molecular weight is 213 g/mol. The summed E-state index contributed by atoms with van der Waals surface area (Å²) < 4.78 is 0. The van der Waals surface area contributed by atoms with Gasteiger partial charge in [0.25, 0.3) is 0 Å². The fraction of sp³-hybridized carbons (Fsp3) is 1.00. The zero-order chi connectivity index (χ0) is 11.5. The van der Waals surface area contributed by atoms with Gasteiger partial charge in [-0.1, -0.05) is 33.6 Å². The largest absolute Gasteiger partial charge is 0.392 e. The highest BCUT2D eigenvalue weighted by Gasteiger charge is 2.36. The number of aliphatic hydroxyl groups is 1. The van der Waals surface area contributed by atoms with Crippen LogP contribution in [0.15, 0.2) is 0 Å². The molecular weight excluding hydrogens is 186 g/mol. The minimum absolute atomic E-state index is 0.0781. The van der Waals surface area contributed by atoms with Crippen molar-refractivity contribution in [2.75, 3.05) is 6.54 Å². The molecule has 3 N–H and O–H groups in total. The van der Waals surface area contributed by atoms with E-state index < -0.39 is 0 Å². The van der Waals surface area contributed by atoms with Crippen molar-refractivity contribution in [3.8, 4) is 0 Å². The van der Waals surface area contributed by atoms with Crippen LogP contribution in [0.5, 0.6) is 0 Å². The molecule has 0 aromatic carbocycles. The molecule has 2 heteroatoms. The van der Waals surface area contributed by atoms with Gasteiger partial charge in [0.1, 0.15) is 0 Å². The lowest BCUT2D eigenvalue weighted by atomic mass is 9.70. The lowest BCUT2D eigenvalue weighted by molar-refractivity contribution is -0.0228. The second kappa shape index (κ2) is 5.31. The predicted molar refractivity (Wildman–Crippen MR) is 64.6 cm³/mol. The molecule has 0 aromatic rings. The fourth-order valence-electron chi connectivity index (χ4n) is 2.64.